The normalized spacial score (nSPS) is 10.9. The molecule has 2 aromatic carbocycles. The van der Waals surface area contributed by atoms with Crippen LogP contribution in [0.5, 0.6) is 0 Å². The lowest BCUT2D eigenvalue weighted by Crippen LogP contribution is -2.23. The van der Waals surface area contributed by atoms with Crippen LogP contribution in [0.1, 0.15) is 32.7 Å². The highest BCUT2D eigenvalue weighted by atomic mass is 16.1. The highest BCUT2D eigenvalue weighted by Gasteiger charge is 2.12. The minimum Gasteiger partial charge on any atom is -0.348 e. The highest BCUT2D eigenvalue weighted by Crippen LogP contribution is 2.20. The fourth-order valence-corrected chi connectivity index (χ4v) is 3.29. The fraction of sp³-hybridized carbons (Fsp3) is 0.174. The average Bonchev–Trinajstić information content (AvgIpc) is 3.20. The molecule has 140 valence electrons. The first-order chi connectivity index (χ1) is 13.6. The molecule has 0 aliphatic heterocycles. The summed E-state index contributed by atoms with van der Waals surface area (Å²) in [6.45, 7) is 5.20. The van der Waals surface area contributed by atoms with E-state index in [4.69, 9.17) is 0 Å². The number of amides is 1. The van der Waals surface area contributed by atoms with Gasteiger partial charge in [0.05, 0.1) is 17.4 Å². The number of nitrogens with zero attached hydrogens (tertiary/aromatic N) is 3. The third-order valence-corrected chi connectivity index (χ3v) is 4.74. The van der Waals surface area contributed by atoms with Crippen LogP contribution >= 0.6 is 0 Å². The summed E-state index contributed by atoms with van der Waals surface area (Å²) < 4.78 is 2.02. The van der Waals surface area contributed by atoms with Crippen LogP contribution in [-0.2, 0) is 13.1 Å². The summed E-state index contributed by atoms with van der Waals surface area (Å²) in [7, 11) is 0. The molecule has 0 unspecified atom stereocenters. The molecule has 2 aromatic heterocycles. The molecular weight excluding hydrogens is 348 g/mol. The molecule has 0 saturated heterocycles. The van der Waals surface area contributed by atoms with Crippen LogP contribution in [0.25, 0.3) is 10.9 Å². The van der Waals surface area contributed by atoms with E-state index >= 15 is 0 Å². The van der Waals surface area contributed by atoms with Crippen molar-refractivity contribution < 1.29 is 4.79 Å². The van der Waals surface area contributed by atoms with Crippen LogP contribution < -0.4 is 5.32 Å². The molecular formula is C23H22N4O. The largest absolute Gasteiger partial charge is 0.348 e. The molecule has 0 spiro atoms. The molecule has 5 heteroatoms. The number of fused-ring (bicyclic) bond motifs is 1. The van der Waals surface area contributed by atoms with Gasteiger partial charge in [0.25, 0.3) is 5.91 Å². The van der Waals surface area contributed by atoms with Gasteiger partial charge in [-0.15, -0.1) is 0 Å². The number of imidazole rings is 1. The minimum atomic E-state index is -0.0800. The predicted molar refractivity (Wildman–Crippen MR) is 110 cm³/mol. The number of aryl methyl sites for hydroxylation is 2. The number of carbonyl (C=O) groups excluding carboxylic acids is 1. The molecule has 4 aromatic rings. The lowest BCUT2D eigenvalue weighted by Gasteiger charge is -2.10. The van der Waals surface area contributed by atoms with Crippen LogP contribution in [0.15, 0.2) is 67.3 Å². The second-order valence-electron chi connectivity index (χ2n) is 7.07. The molecule has 5 nitrogen and oxygen atoms in total. The van der Waals surface area contributed by atoms with Crippen LogP contribution in [0.4, 0.5) is 0 Å². The highest BCUT2D eigenvalue weighted by molar-refractivity contribution is 6.06. The molecule has 0 radical (unpaired) electrons. The van der Waals surface area contributed by atoms with E-state index < -0.39 is 0 Å². The van der Waals surface area contributed by atoms with Crippen molar-refractivity contribution in [2.45, 2.75) is 26.9 Å². The van der Waals surface area contributed by atoms with Crippen LogP contribution in [-0.4, -0.2) is 20.4 Å². The Morgan fingerprint density at radius 1 is 1.04 bits per heavy atom. The average molecular weight is 370 g/mol. The quantitative estimate of drug-likeness (QED) is 0.577. The Morgan fingerprint density at radius 3 is 2.57 bits per heavy atom. The van der Waals surface area contributed by atoms with Gasteiger partial charge in [-0.05, 0) is 43.2 Å². The molecule has 1 amide bonds. The minimum absolute atomic E-state index is 0.0800. The van der Waals surface area contributed by atoms with Gasteiger partial charge in [0.2, 0.25) is 0 Å². The lowest BCUT2D eigenvalue weighted by atomic mass is 10.0. The Kier molecular flexibility index (Phi) is 4.89. The van der Waals surface area contributed by atoms with E-state index in [-0.39, 0.29) is 5.91 Å². The summed E-state index contributed by atoms with van der Waals surface area (Å²) in [5.41, 5.74) is 5.72. The number of hydrogen-bond acceptors (Lipinski definition) is 3. The second kappa shape index (κ2) is 7.64. The maximum atomic E-state index is 12.8. The molecule has 0 fully saturated rings. The zero-order valence-corrected chi connectivity index (χ0v) is 16.0. The topological polar surface area (TPSA) is 59.8 Å². The van der Waals surface area contributed by atoms with Crippen molar-refractivity contribution in [1.82, 2.24) is 19.9 Å². The van der Waals surface area contributed by atoms with Crippen LogP contribution in [0.2, 0.25) is 0 Å². The number of carbonyl (C=O) groups is 1. The standard InChI is InChI=1S/C23H22N4O/c1-16-3-8-22-20(11-16)21(12-17(2)26-22)23(28)25-13-18-4-6-19(7-5-18)14-27-10-9-24-15-27/h3-12,15H,13-14H2,1-2H3,(H,25,28). The van der Waals surface area contributed by atoms with Gasteiger partial charge < -0.3 is 9.88 Å². The van der Waals surface area contributed by atoms with Crippen molar-refractivity contribution in [2.75, 3.05) is 0 Å². The first-order valence-electron chi connectivity index (χ1n) is 9.28. The second-order valence-corrected chi connectivity index (χ2v) is 7.07. The third-order valence-electron chi connectivity index (χ3n) is 4.74. The number of pyridine rings is 1. The van der Waals surface area contributed by atoms with E-state index in [2.05, 4.69) is 27.4 Å². The number of nitrogens with one attached hydrogen (secondary N) is 1. The van der Waals surface area contributed by atoms with Crippen LogP contribution in [0.3, 0.4) is 0 Å². The van der Waals surface area contributed by atoms with Gasteiger partial charge in [-0.2, -0.15) is 0 Å². The number of benzene rings is 2. The fourth-order valence-electron chi connectivity index (χ4n) is 3.29. The van der Waals surface area contributed by atoms with Crippen molar-refractivity contribution in [3.63, 3.8) is 0 Å². The van der Waals surface area contributed by atoms with E-state index in [0.717, 1.165) is 34.3 Å². The zero-order chi connectivity index (χ0) is 19.5. The van der Waals surface area contributed by atoms with Crippen LogP contribution in [0, 0.1) is 13.8 Å². The number of hydrogen-bond donors (Lipinski definition) is 1. The van der Waals surface area contributed by atoms with E-state index in [0.29, 0.717) is 12.1 Å². The van der Waals surface area contributed by atoms with Gasteiger partial charge in [-0.25, -0.2) is 4.98 Å². The third kappa shape index (κ3) is 3.93. The number of aromatic nitrogens is 3. The molecule has 0 aliphatic rings. The molecule has 0 aliphatic carbocycles. The summed E-state index contributed by atoms with van der Waals surface area (Å²) in [6.07, 6.45) is 5.52. The van der Waals surface area contributed by atoms with Gasteiger partial charge in [0.1, 0.15) is 0 Å². The Morgan fingerprint density at radius 2 is 1.82 bits per heavy atom. The predicted octanol–water partition coefficient (Wildman–Crippen LogP) is 4.03. The maximum Gasteiger partial charge on any atom is 0.252 e. The zero-order valence-electron chi connectivity index (χ0n) is 16.0. The molecule has 0 bridgehead atoms. The van der Waals surface area contributed by atoms with Gasteiger partial charge in [0, 0.05) is 36.6 Å². The molecule has 1 N–H and O–H groups in total. The van der Waals surface area contributed by atoms with Gasteiger partial charge in [0.15, 0.2) is 0 Å². The van der Waals surface area contributed by atoms with Gasteiger partial charge in [-0.1, -0.05) is 35.9 Å². The molecule has 4 rings (SSSR count). The Balaban J connectivity index is 1.47. The van der Waals surface area contributed by atoms with Crippen molar-refractivity contribution in [3.8, 4) is 0 Å². The smallest absolute Gasteiger partial charge is 0.252 e. The van der Waals surface area contributed by atoms with E-state index in [1.807, 2.05) is 61.0 Å². The van der Waals surface area contributed by atoms with Gasteiger partial charge >= 0.3 is 0 Å². The molecule has 0 atom stereocenters. The number of rotatable bonds is 5. The Hall–Kier alpha value is -3.47. The van der Waals surface area contributed by atoms with Crippen molar-refractivity contribution in [1.29, 1.82) is 0 Å². The first kappa shape index (κ1) is 17.9. The van der Waals surface area contributed by atoms with E-state index in [1.165, 1.54) is 5.56 Å². The first-order valence-corrected chi connectivity index (χ1v) is 9.28. The Bertz CT molecular complexity index is 1120. The molecule has 28 heavy (non-hydrogen) atoms. The van der Waals surface area contributed by atoms with Crippen molar-refractivity contribution in [3.05, 3.63) is 95.2 Å². The summed E-state index contributed by atoms with van der Waals surface area (Å²) in [6, 6.07) is 16.1. The lowest BCUT2D eigenvalue weighted by molar-refractivity contribution is 0.0952. The monoisotopic (exact) mass is 370 g/mol. The van der Waals surface area contributed by atoms with Gasteiger partial charge in [-0.3, -0.25) is 9.78 Å². The molecule has 0 saturated carbocycles. The van der Waals surface area contributed by atoms with Crippen molar-refractivity contribution in [2.24, 2.45) is 0 Å². The summed E-state index contributed by atoms with van der Waals surface area (Å²) in [4.78, 5) is 21.4. The summed E-state index contributed by atoms with van der Waals surface area (Å²) >= 11 is 0. The summed E-state index contributed by atoms with van der Waals surface area (Å²) in [5, 5.41) is 3.92. The maximum absolute atomic E-state index is 12.8. The van der Waals surface area contributed by atoms with E-state index in [1.54, 1.807) is 12.5 Å². The Labute approximate surface area is 164 Å². The van der Waals surface area contributed by atoms with E-state index in [9.17, 15) is 4.79 Å². The summed E-state index contributed by atoms with van der Waals surface area (Å²) in [5.74, 6) is -0.0800. The molecule has 2 heterocycles. The SMILES string of the molecule is Cc1ccc2nc(C)cc(C(=O)NCc3ccc(Cn4ccnc4)cc3)c2c1. The van der Waals surface area contributed by atoms with Crippen molar-refractivity contribution >= 4 is 16.8 Å².